The molecule has 1 N–H and O–H groups in total. The van der Waals surface area contributed by atoms with Gasteiger partial charge in [0.25, 0.3) is 0 Å². The van der Waals surface area contributed by atoms with Crippen LogP contribution in [0, 0.1) is 5.92 Å². The van der Waals surface area contributed by atoms with Gasteiger partial charge in [0, 0.05) is 31.1 Å². The van der Waals surface area contributed by atoms with Gasteiger partial charge in [-0.05, 0) is 39.2 Å². The van der Waals surface area contributed by atoms with Crippen molar-refractivity contribution in [3.05, 3.63) is 11.1 Å². The van der Waals surface area contributed by atoms with E-state index in [9.17, 15) is 0 Å². The molecular weight excluding hydrogens is 270 g/mol. The van der Waals surface area contributed by atoms with E-state index in [0.717, 1.165) is 36.4 Å². The SMILES string of the molecule is CCNC(C)c1csc(N(CCOC)C(C)C2CC2)n1. The molecule has 2 rings (SSSR count). The second-order valence-electron chi connectivity index (χ2n) is 5.60. The van der Waals surface area contributed by atoms with Gasteiger partial charge >= 0.3 is 0 Å². The van der Waals surface area contributed by atoms with E-state index >= 15 is 0 Å². The summed E-state index contributed by atoms with van der Waals surface area (Å²) in [4.78, 5) is 7.26. The molecule has 0 aromatic carbocycles. The molecule has 2 unspecified atom stereocenters. The Kier molecular flexibility index (Phi) is 5.81. The highest BCUT2D eigenvalue weighted by Crippen LogP contribution is 2.37. The van der Waals surface area contributed by atoms with Crippen molar-refractivity contribution in [2.75, 3.05) is 31.7 Å². The molecule has 1 aliphatic carbocycles. The fourth-order valence-corrected chi connectivity index (χ4v) is 3.55. The van der Waals surface area contributed by atoms with E-state index in [1.54, 1.807) is 18.4 Å². The molecule has 1 fully saturated rings. The van der Waals surface area contributed by atoms with Crippen LogP contribution in [-0.2, 0) is 4.74 Å². The van der Waals surface area contributed by atoms with Gasteiger partial charge in [0.05, 0.1) is 12.3 Å². The molecule has 0 spiro atoms. The Labute approximate surface area is 126 Å². The van der Waals surface area contributed by atoms with Gasteiger partial charge in [0.2, 0.25) is 0 Å². The molecule has 20 heavy (non-hydrogen) atoms. The molecule has 1 aromatic rings. The van der Waals surface area contributed by atoms with E-state index in [0.29, 0.717) is 12.1 Å². The van der Waals surface area contributed by atoms with Gasteiger partial charge in [-0.2, -0.15) is 0 Å². The average Bonchev–Trinajstić information content (AvgIpc) is 3.18. The van der Waals surface area contributed by atoms with Crippen molar-refractivity contribution in [1.29, 1.82) is 0 Å². The van der Waals surface area contributed by atoms with Crippen molar-refractivity contribution in [3.8, 4) is 0 Å². The van der Waals surface area contributed by atoms with Crippen LogP contribution in [0.25, 0.3) is 0 Å². The topological polar surface area (TPSA) is 37.4 Å². The molecule has 1 heterocycles. The Hall–Kier alpha value is -0.650. The maximum Gasteiger partial charge on any atom is 0.185 e. The summed E-state index contributed by atoms with van der Waals surface area (Å²) in [5.74, 6) is 0.838. The zero-order valence-corrected chi connectivity index (χ0v) is 13.9. The minimum atomic E-state index is 0.325. The third-order valence-electron chi connectivity index (χ3n) is 4.04. The summed E-state index contributed by atoms with van der Waals surface area (Å²) in [6.45, 7) is 9.28. The summed E-state index contributed by atoms with van der Waals surface area (Å²) < 4.78 is 5.26. The van der Waals surface area contributed by atoms with Gasteiger partial charge in [-0.15, -0.1) is 11.3 Å². The lowest BCUT2D eigenvalue weighted by atomic mass is 10.2. The van der Waals surface area contributed by atoms with E-state index in [1.165, 1.54) is 12.8 Å². The first-order valence-electron chi connectivity index (χ1n) is 7.61. The molecule has 0 saturated heterocycles. The zero-order valence-electron chi connectivity index (χ0n) is 13.1. The second kappa shape index (κ2) is 7.38. The predicted molar refractivity (Wildman–Crippen MR) is 85.6 cm³/mol. The van der Waals surface area contributed by atoms with Gasteiger partial charge in [0.1, 0.15) is 0 Å². The van der Waals surface area contributed by atoms with E-state index < -0.39 is 0 Å². The summed E-state index contributed by atoms with van der Waals surface area (Å²) in [5.41, 5.74) is 1.15. The lowest BCUT2D eigenvalue weighted by molar-refractivity contribution is 0.202. The Morgan fingerprint density at radius 1 is 1.50 bits per heavy atom. The number of ether oxygens (including phenoxy) is 1. The van der Waals surface area contributed by atoms with Crippen LogP contribution >= 0.6 is 11.3 Å². The number of rotatable bonds is 9. The minimum absolute atomic E-state index is 0.325. The van der Waals surface area contributed by atoms with Crippen LogP contribution in [0.1, 0.15) is 45.3 Å². The maximum atomic E-state index is 5.26. The molecule has 1 saturated carbocycles. The quantitative estimate of drug-likeness (QED) is 0.760. The normalized spacial score (nSPS) is 18.0. The van der Waals surface area contributed by atoms with Gasteiger partial charge < -0.3 is 15.0 Å². The number of nitrogens with zero attached hydrogens (tertiary/aromatic N) is 2. The number of aromatic nitrogens is 1. The number of thiazole rings is 1. The molecule has 4 nitrogen and oxygen atoms in total. The summed E-state index contributed by atoms with van der Waals surface area (Å²) in [5, 5.41) is 6.75. The molecular formula is C15H27N3OS. The van der Waals surface area contributed by atoms with Gasteiger partial charge in [-0.25, -0.2) is 4.98 Å². The van der Waals surface area contributed by atoms with Crippen molar-refractivity contribution in [2.24, 2.45) is 5.92 Å². The fraction of sp³-hybridized carbons (Fsp3) is 0.800. The fourth-order valence-electron chi connectivity index (χ4n) is 2.51. The largest absolute Gasteiger partial charge is 0.383 e. The first-order valence-corrected chi connectivity index (χ1v) is 8.49. The smallest absolute Gasteiger partial charge is 0.185 e. The van der Waals surface area contributed by atoms with E-state index in [1.807, 2.05) is 0 Å². The van der Waals surface area contributed by atoms with Gasteiger partial charge in [-0.1, -0.05) is 6.92 Å². The molecule has 5 heteroatoms. The Balaban J connectivity index is 2.07. The van der Waals surface area contributed by atoms with Crippen molar-refractivity contribution in [2.45, 2.75) is 45.7 Å². The third kappa shape index (κ3) is 3.93. The molecule has 0 amide bonds. The number of hydrogen-bond donors (Lipinski definition) is 1. The van der Waals surface area contributed by atoms with Crippen LogP contribution in [0.5, 0.6) is 0 Å². The van der Waals surface area contributed by atoms with Crippen molar-refractivity contribution < 1.29 is 4.74 Å². The van der Waals surface area contributed by atoms with Gasteiger partial charge in [-0.3, -0.25) is 0 Å². The summed E-state index contributed by atoms with van der Waals surface area (Å²) >= 11 is 1.76. The van der Waals surface area contributed by atoms with Crippen LogP contribution in [0.3, 0.4) is 0 Å². The molecule has 114 valence electrons. The third-order valence-corrected chi connectivity index (χ3v) is 4.94. The highest BCUT2D eigenvalue weighted by atomic mass is 32.1. The van der Waals surface area contributed by atoms with Crippen molar-refractivity contribution >= 4 is 16.5 Å². The lowest BCUT2D eigenvalue weighted by Gasteiger charge is -2.28. The zero-order chi connectivity index (χ0) is 14.5. The standard InChI is InChI=1S/C15H27N3OS/c1-5-16-11(2)14-10-20-15(17-14)18(8-9-19-4)12(3)13-6-7-13/h10-13,16H,5-9H2,1-4H3. The summed E-state index contributed by atoms with van der Waals surface area (Å²) in [7, 11) is 1.76. The Morgan fingerprint density at radius 3 is 2.85 bits per heavy atom. The molecule has 0 bridgehead atoms. The predicted octanol–water partition coefficient (Wildman–Crippen LogP) is 3.06. The number of nitrogens with one attached hydrogen (secondary N) is 1. The lowest BCUT2D eigenvalue weighted by Crippen LogP contribution is -2.37. The highest BCUT2D eigenvalue weighted by Gasteiger charge is 2.33. The van der Waals surface area contributed by atoms with E-state index in [2.05, 4.69) is 36.4 Å². The van der Waals surface area contributed by atoms with Crippen LogP contribution in [0.15, 0.2) is 5.38 Å². The molecule has 1 aliphatic rings. The molecule has 0 aliphatic heterocycles. The van der Waals surface area contributed by atoms with Crippen LogP contribution in [-0.4, -0.2) is 37.8 Å². The Bertz CT molecular complexity index is 406. The van der Waals surface area contributed by atoms with Crippen LogP contribution in [0.4, 0.5) is 5.13 Å². The summed E-state index contributed by atoms with van der Waals surface area (Å²) in [6.07, 6.45) is 2.72. The van der Waals surface area contributed by atoms with Crippen molar-refractivity contribution in [1.82, 2.24) is 10.3 Å². The number of hydrogen-bond acceptors (Lipinski definition) is 5. The summed E-state index contributed by atoms with van der Waals surface area (Å²) in [6, 6.07) is 0.893. The molecule has 1 aromatic heterocycles. The van der Waals surface area contributed by atoms with Crippen LogP contribution < -0.4 is 10.2 Å². The number of anilines is 1. The highest BCUT2D eigenvalue weighted by molar-refractivity contribution is 7.13. The molecule has 2 atom stereocenters. The average molecular weight is 297 g/mol. The first-order chi connectivity index (χ1) is 9.67. The minimum Gasteiger partial charge on any atom is -0.383 e. The first kappa shape index (κ1) is 15.7. The second-order valence-corrected chi connectivity index (χ2v) is 6.44. The van der Waals surface area contributed by atoms with E-state index in [4.69, 9.17) is 9.72 Å². The van der Waals surface area contributed by atoms with Crippen LogP contribution in [0.2, 0.25) is 0 Å². The maximum absolute atomic E-state index is 5.26. The Morgan fingerprint density at radius 2 is 2.25 bits per heavy atom. The van der Waals surface area contributed by atoms with E-state index in [-0.39, 0.29) is 0 Å². The number of methoxy groups -OCH3 is 1. The van der Waals surface area contributed by atoms with Crippen molar-refractivity contribution in [3.63, 3.8) is 0 Å². The van der Waals surface area contributed by atoms with Gasteiger partial charge in [0.15, 0.2) is 5.13 Å². The molecule has 0 radical (unpaired) electrons. The monoisotopic (exact) mass is 297 g/mol.